The first-order valence-electron chi connectivity index (χ1n) is 3.02. The highest BCUT2D eigenvalue weighted by atomic mass is 35.5. The Hall–Kier alpha value is 0.0400. The van der Waals surface area contributed by atoms with Crippen molar-refractivity contribution in [3.63, 3.8) is 0 Å². The van der Waals surface area contributed by atoms with Gasteiger partial charge in [-0.25, -0.2) is 0 Å². The Morgan fingerprint density at radius 2 is 1.45 bits per heavy atom. The Kier molecular flexibility index (Phi) is 5.15. The SMILES string of the molecule is CC(C)(C)NCC(F)(F)F.Cl. The van der Waals surface area contributed by atoms with Gasteiger partial charge in [0.05, 0.1) is 6.54 Å². The molecule has 0 aliphatic carbocycles. The fraction of sp³-hybridized carbons (Fsp3) is 1.00. The van der Waals surface area contributed by atoms with E-state index >= 15 is 0 Å². The van der Waals surface area contributed by atoms with Gasteiger partial charge < -0.3 is 5.32 Å². The van der Waals surface area contributed by atoms with Crippen molar-refractivity contribution < 1.29 is 13.2 Å². The van der Waals surface area contributed by atoms with Gasteiger partial charge in [-0.05, 0) is 20.8 Å². The largest absolute Gasteiger partial charge is 0.401 e. The van der Waals surface area contributed by atoms with Gasteiger partial charge in [0.1, 0.15) is 0 Å². The molecule has 11 heavy (non-hydrogen) atoms. The van der Waals surface area contributed by atoms with Crippen molar-refractivity contribution in [1.82, 2.24) is 5.32 Å². The minimum absolute atomic E-state index is 0. The fourth-order valence-electron chi connectivity index (χ4n) is 0.365. The lowest BCUT2D eigenvalue weighted by Gasteiger charge is -2.21. The zero-order valence-corrected chi connectivity index (χ0v) is 7.57. The first-order chi connectivity index (χ1) is 4.21. The fourth-order valence-corrected chi connectivity index (χ4v) is 0.365. The van der Waals surface area contributed by atoms with Gasteiger partial charge in [0.2, 0.25) is 0 Å². The lowest BCUT2D eigenvalue weighted by Crippen LogP contribution is -2.41. The molecule has 0 rings (SSSR count). The smallest absolute Gasteiger partial charge is 0.304 e. The second kappa shape index (κ2) is 4.16. The van der Waals surface area contributed by atoms with Gasteiger partial charge in [-0.15, -0.1) is 12.4 Å². The second-order valence-corrected chi connectivity index (χ2v) is 3.22. The third-order valence-corrected chi connectivity index (χ3v) is 0.819. The number of halogens is 4. The van der Waals surface area contributed by atoms with Crippen LogP contribution in [-0.2, 0) is 0 Å². The summed E-state index contributed by atoms with van der Waals surface area (Å²) in [4.78, 5) is 0. The predicted octanol–water partition coefficient (Wildman–Crippen LogP) is 2.36. The van der Waals surface area contributed by atoms with Crippen LogP contribution in [0.4, 0.5) is 13.2 Å². The quantitative estimate of drug-likeness (QED) is 0.671. The molecular formula is C6H13ClF3N. The Bertz CT molecular complexity index is 91.4. The molecule has 0 amide bonds. The molecule has 1 N–H and O–H groups in total. The van der Waals surface area contributed by atoms with Crippen LogP contribution in [0.25, 0.3) is 0 Å². The summed E-state index contributed by atoms with van der Waals surface area (Å²) < 4.78 is 34.6. The van der Waals surface area contributed by atoms with Crippen molar-refractivity contribution in [2.24, 2.45) is 0 Å². The molecule has 70 valence electrons. The van der Waals surface area contributed by atoms with Crippen molar-refractivity contribution in [2.45, 2.75) is 32.5 Å². The van der Waals surface area contributed by atoms with E-state index in [-0.39, 0.29) is 12.4 Å². The molecule has 0 spiro atoms. The van der Waals surface area contributed by atoms with Gasteiger partial charge in [0, 0.05) is 5.54 Å². The molecule has 0 heterocycles. The van der Waals surface area contributed by atoms with Crippen molar-refractivity contribution in [2.75, 3.05) is 6.54 Å². The summed E-state index contributed by atoms with van der Waals surface area (Å²) in [5, 5.41) is 2.34. The van der Waals surface area contributed by atoms with Crippen LogP contribution >= 0.6 is 12.4 Å². The Balaban J connectivity index is 0. The molecule has 0 saturated carbocycles. The molecule has 0 bridgehead atoms. The minimum atomic E-state index is -4.10. The van der Waals surface area contributed by atoms with Gasteiger partial charge in [-0.3, -0.25) is 0 Å². The van der Waals surface area contributed by atoms with Crippen LogP contribution in [0.1, 0.15) is 20.8 Å². The zero-order chi connectivity index (χ0) is 8.41. The average Bonchev–Trinajstić information content (AvgIpc) is 1.57. The molecule has 0 aromatic carbocycles. The summed E-state index contributed by atoms with van der Waals surface area (Å²) in [6, 6.07) is 0. The highest BCUT2D eigenvalue weighted by Crippen LogP contribution is 2.14. The molecule has 1 nitrogen and oxygen atoms in total. The highest BCUT2D eigenvalue weighted by Gasteiger charge is 2.28. The molecule has 0 aromatic rings. The van der Waals surface area contributed by atoms with E-state index in [0.717, 1.165) is 0 Å². The summed E-state index contributed by atoms with van der Waals surface area (Å²) in [6.45, 7) is 4.16. The van der Waals surface area contributed by atoms with Gasteiger partial charge in [-0.1, -0.05) is 0 Å². The number of rotatable bonds is 1. The van der Waals surface area contributed by atoms with E-state index in [2.05, 4.69) is 5.32 Å². The molecule has 5 heteroatoms. The van der Waals surface area contributed by atoms with E-state index in [1.807, 2.05) is 0 Å². The van der Waals surface area contributed by atoms with E-state index in [1.165, 1.54) is 0 Å². The maximum Gasteiger partial charge on any atom is 0.401 e. The molecule has 0 unspecified atom stereocenters. The molecule has 0 fully saturated rings. The second-order valence-electron chi connectivity index (χ2n) is 3.22. The van der Waals surface area contributed by atoms with E-state index in [4.69, 9.17) is 0 Å². The minimum Gasteiger partial charge on any atom is -0.304 e. The summed E-state index contributed by atoms with van der Waals surface area (Å²) in [6.07, 6.45) is -4.10. The first kappa shape index (κ1) is 13.6. The third-order valence-electron chi connectivity index (χ3n) is 0.819. The zero-order valence-electron chi connectivity index (χ0n) is 6.75. The van der Waals surface area contributed by atoms with Crippen molar-refractivity contribution in [1.29, 1.82) is 0 Å². The average molecular weight is 192 g/mol. The highest BCUT2D eigenvalue weighted by molar-refractivity contribution is 5.85. The first-order valence-corrected chi connectivity index (χ1v) is 3.02. The number of hydrogen-bond acceptors (Lipinski definition) is 1. The van der Waals surface area contributed by atoms with Crippen LogP contribution in [-0.4, -0.2) is 18.3 Å². The van der Waals surface area contributed by atoms with Crippen LogP contribution in [0.2, 0.25) is 0 Å². The van der Waals surface area contributed by atoms with Crippen LogP contribution in [0.5, 0.6) is 0 Å². The lowest BCUT2D eigenvalue weighted by atomic mass is 10.1. The van der Waals surface area contributed by atoms with Crippen molar-refractivity contribution in [3.05, 3.63) is 0 Å². The van der Waals surface area contributed by atoms with Gasteiger partial charge in [0.15, 0.2) is 0 Å². The standard InChI is InChI=1S/C6H12F3N.ClH/c1-5(2,3)10-4-6(7,8)9;/h10H,4H2,1-3H3;1H. The predicted molar refractivity (Wildman–Crippen MR) is 41.1 cm³/mol. The van der Waals surface area contributed by atoms with Crippen LogP contribution < -0.4 is 5.32 Å². The number of hydrogen-bond donors (Lipinski definition) is 1. The molecule has 0 atom stereocenters. The van der Waals surface area contributed by atoms with E-state index < -0.39 is 18.3 Å². The van der Waals surface area contributed by atoms with Crippen molar-refractivity contribution >= 4 is 12.4 Å². The Labute approximate surface area is 70.8 Å². The monoisotopic (exact) mass is 191 g/mol. The van der Waals surface area contributed by atoms with Crippen LogP contribution in [0.15, 0.2) is 0 Å². The van der Waals surface area contributed by atoms with E-state index in [0.29, 0.717) is 0 Å². The summed E-state index contributed by atoms with van der Waals surface area (Å²) in [7, 11) is 0. The van der Waals surface area contributed by atoms with Gasteiger partial charge in [0.25, 0.3) is 0 Å². The molecular weight excluding hydrogens is 179 g/mol. The summed E-state index contributed by atoms with van der Waals surface area (Å²) in [5.74, 6) is 0. The van der Waals surface area contributed by atoms with Crippen LogP contribution in [0.3, 0.4) is 0 Å². The van der Waals surface area contributed by atoms with Crippen molar-refractivity contribution in [3.8, 4) is 0 Å². The molecule has 0 aliphatic rings. The maximum absolute atomic E-state index is 11.5. The molecule has 0 radical (unpaired) electrons. The lowest BCUT2D eigenvalue weighted by molar-refractivity contribution is -0.127. The van der Waals surface area contributed by atoms with Gasteiger partial charge >= 0.3 is 6.18 Å². The Morgan fingerprint density at radius 3 is 1.55 bits per heavy atom. The Morgan fingerprint density at radius 1 is 1.09 bits per heavy atom. The maximum atomic E-state index is 11.5. The topological polar surface area (TPSA) is 12.0 Å². The third kappa shape index (κ3) is 13.1. The molecule has 0 aliphatic heterocycles. The van der Waals surface area contributed by atoms with Crippen LogP contribution in [0, 0.1) is 0 Å². The summed E-state index contributed by atoms with van der Waals surface area (Å²) in [5.41, 5.74) is -0.463. The van der Waals surface area contributed by atoms with Gasteiger partial charge in [-0.2, -0.15) is 13.2 Å². The normalized spacial score (nSPS) is 12.5. The number of nitrogens with one attached hydrogen (secondary N) is 1. The molecule has 0 saturated heterocycles. The van der Waals surface area contributed by atoms with E-state index in [1.54, 1.807) is 20.8 Å². The summed E-state index contributed by atoms with van der Waals surface area (Å²) >= 11 is 0. The number of alkyl halides is 3. The van der Waals surface area contributed by atoms with E-state index in [9.17, 15) is 13.2 Å². The molecule has 0 aromatic heterocycles.